The molecule has 4 aliphatic carbocycles. The Morgan fingerprint density at radius 2 is 1.68 bits per heavy atom. The summed E-state index contributed by atoms with van der Waals surface area (Å²) in [6.07, 6.45) is 9.19. The van der Waals surface area contributed by atoms with Crippen molar-refractivity contribution in [3.63, 3.8) is 0 Å². The number of phenolic OH excluding ortho intramolecular Hbond substituents is 1. The Bertz CT molecular complexity index is 1090. The lowest BCUT2D eigenvalue weighted by molar-refractivity contribution is -0.174. The van der Waals surface area contributed by atoms with Crippen LogP contribution in [-0.2, 0) is 20.7 Å². The first-order valence-corrected chi connectivity index (χ1v) is 16.0. The highest BCUT2D eigenvalue weighted by Gasteiger charge is 2.62. The molecule has 1 aromatic rings. The highest BCUT2D eigenvalue weighted by Crippen LogP contribution is 2.68. The van der Waals surface area contributed by atoms with E-state index in [1.807, 2.05) is 0 Å². The number of benzene rings is 1. The Labute approximate surface area is 245 Å². The topological polar surface area (TPSA) is 116 Å². The van der Waals surface area contributed by atoms with Crippen LogP contribution in [0, 0.1) is 46.3 Å². The first-order valence-electron chi connectivity index (χ1n) is 16.0. The lowest BCUT2D eigenvalue weighted by Gasteiger charge is -2.62. The molecule has 4 saturated carbocycles. The van der Waals surface area contributed by atoms with E-state index in [-0.39, 0.29) is 34.7 Å². The summed E-state index contributed by atoms with van der Waals surface area (Å²) in [6, 6.07) is 5.86. The van der Waals surface area contributed by atoms with Crippen LogP contribution < -0.4 is 5.32 Å². The SMILES string of the molecule is COC(=O)[C@H](Cc1ccc(O)cc1)NC(=O)CC[C@@H](C)[C@H]1CC[C@H]2[C@@H]3[C@H](O)C[C@@H]4C[C@H](O)CC[C@]4(C)[C@H]3CC[C@]12C. The lowest BCUT2D eigenvalue weighted by atomic mass is 9.43. The minimum atomic E-state index is -0.769. The number of methoxy groups -OCH3 is 1. The van der Waals surface area contributed by atoms with Crippen molar-refractivity contribution in [2.75, 3.05) is 7.11 Å². The summed E-state index contributed by atoms with van der Waals surface area (Å²) in [6.45, 7) is 7.19. The van der Waals surface area contributed by atoms with Gasteiger partial charge in [-0.15, -0.1) is 0 Å². The van der Waals surface area contributed by atoms with E-state index in [9.17, 15) is 24.9 Å². The second kappa shape index (κ2) is 11.9. The van der Waals surface area contributed by atoms with Crippen LogP contribution in [0.25, 0.3) is 0 Å². The Balaban J connectivity index is 1.20. The number of hydrogen-bond acceptors (Lipinski definition) is 6. The molecule has 5 rings (SSSR count). The molecule has 1 amide bonds. The summed E-state index contributed by atoms with van der Waals surface area (Å²) >= 11 is 0. The molecule has 7 nitrogen and oxygen atoms in total. The third-order valence-electron chi connectivity index (χ3n) is 12.4. The number of aliphatic hydroxyl groups excluding tert-OH is 2. The third kappa shape index (κ3) is 5.78. The maximum Gasteiger partial charge on any atom is 0.328 e. The van der Waals surface area contributed by atoms with Gasteiger partial charge in [0.05, 0.1) is 19.3 Å². The van der Waals surface area contributed by atoms with Crippen molar-refractivity contribution >= 4 is 11.9 Å². The number of carbonyl (C=O) groups is 2. The quantitative estimate of drug-likeness (QED) is 0.328. The van der Waals surface area contributed by atoms with Crippen LogP contribution in [0.15, 0.2) is 24.3 Å². The zero-order valence-corrected chi connectivity index (χ0v) is 25.4. The number of fused-ring (bicyclic) bond motifs is 5. The Hall–Kier alpha value is -2.12. The maximum absolute atomic E-state index is 13.0. The van der Waals surface area contributed by atoms with E-state index >= 15 is 0 Å². The van der Waals surface area contributed by atoms with Crippen molar-refractivity contribution in [3.05, 3.63) is 29.8 Å². The molecule has 4 aliphatic rings. The van der Waals surface area contributed by atoms with Gasteiger partial charge in [-0.2, -0.15) is 0 Å². The van der Waals surface area contributed by atoms with E-state index in [0.717, 1.165) is 56.9 Å². The van der Waals surface area contributed by atoms with Gasteiger partial charge in [-0.25, -0.2) is 4.79 Å². The van der Waals surface area contributed by atoms with E-state index in [4.69, 9.17) is 4.74 Å². The molecule has 0 aliphatic heterocycles. The molecule has 0 aromatic heterocycles. The predicted octanol–water partition coefficient (Wildman–Crippen LogP) is 5.00. The number of hydrogen-bond donors (Lipinski definition) is 4. The van der Waals surface area contributed by atoms with Gasteiger partial charge in [0.25, 0.3) is 0 Å². The molecule has 0 unspecified atom stereocenters. The normalized spacial score (nSPS) is 39.5. The van der Waals surface area contributed by atoms with Crippen LogP contribution in [0.3, 0.4) is 0 Å². The third-order valence-corrected chi connectivity index (χ3v) is 12.4. The number of ether oxygens (including phenoxy) is 1. The second-order valence-electron chi connectivity index (χ2n) is 14.5. The molecule has 4 fully saturated rings. The molecule has 4 N–H and O–H groups in total. The van der Waals surface area contributed by atoms with E-state index in [0.29, 0.717) is 48.3 Å². The summed E-state index contributed by atoms with van der Waals surface area (Å²) < 4.78 is 4.95. The zero-order chi connectivity index (χ0) is 29.5. The number of aromatic hydroxyl groups is 1. The number of amides is 1. The van der Waals surface area contributed by atoms with Gasteiger partial charge < -0.3 is 25.4 Å². The summed E-state index contributed by atoms with van der Waals surface area (Å²) in [5, 5.41) is 34.3. The Morgan fingerprint density at radius 3 is 2.39 bits per heavy atom. The average Bonchev–Trinajstić information content (AvgIpc) is 3.30. The lowest BCUT2D eigenvalue weighted by Crippen LogP contribution is -2.58. The number of nitrogens with one attached hydrogen (secondary N) is 1. The van der Waals surface area contributed by atoms with E-state index < -0.39 is 12.0 Å². The molecule has 1 aromatic carbocycles. The van der Waals surface area contributed by atoms with Gasteiger partial charge in [-0.1, -0.05) is 32.9 Å². The van der Waals surface area contributed by atoms with Crippen LogP contribution >= 0.6 is 0 Å². The molecule has 41 heavy (non-hydrogen) atoms. The predicted molar refractivity (Wildman–Crippen MR) is 157 cm³/mol. The van der Waals surface area contributed by atoms with E-state index in [1.54, 1.807) is 24.3 Å². The summed E-state index contributed by atoms with van der Waals surface area (Å²) in [5.74, 6) is 2.23. The highest BCUT2D eigenvalue weighted by atomic mass is 16.5. The molecule has 228 valence electrons. The second-order valence-corrected chi connectivity index (χ2v) is 14.5. The van der Waals surface area contributed by atoms with Gasteiger partial charge in [-0.3, -0.25) is 4.79 Å². The number of phenols is 1. The van der Waals surface area contributed by atoms with Gasteiger partial charge in [0.15, 0.2) is 0 Å². The van der Waals surface area contributed by atoms with Gasteiger partial charge in [-0.05, 0) is 122 Å². The minimum Gasteiger partial charge on any atom is -0.508 e. The van der Waals surface area contributed by atoms with Gasteiger partial charge >= 0.3 is 5.97 Å². The highest BCUT2D eigenvalue weighted by molar-refractivity contribution is 5.84. The standard InChI is InChI=1S/C34H51NO6/c1-20(5-12-30(39)35-28(32(40)41-4)17-21-6-8-23(36)9-7-21)25-10-11-26-31-27(14-16-34(25,26)3)33(2)15-13-24(37)18-22(33)19-29(31)38/h6-9,20,22,24-29,31,36-38H,5,10-19H2,1-4H3,(H,35,39)/t20-,22+,24-,25-,26+,27+,28+,29-,31+,33+,34-/m1/s1. The molecule has 0 radical (unpaired) electrons. The van der Waals surface area contributed by atoms with Crippen LogP contribution in [0.2, 0.25) is 0 Å². The van der Waals surface area contributed by atoms with E-state index in [1.165, 1.54) is 13.5 Å². The van der Waals surface area contributed by atoms with Crippen LogP contribution in [0.4, 0.5) is 0 Å². The largest absolute Gasteiger partial charge is 0.508 e. The molecule has 0 bridgehead atoms. The average molecular weight is 570 g/mol. The monoisotopic (exact) mass is 569 g/mol. The van der Waals surface area contributed by atoms with Crippen molar-refractivity contribution in [2.24, 2.45) is 46.3 Å². The number of esters is 1. The molecule has 0 heterocycles. The van der Waals surface area contributed by atoms with E-state index in [2.05, 4.69) is 26.1 Å². The van der Waals surface area contributed by atoms with Crippen molar-refractivity contribution in [3.8, 4) is 5.75 Å². The Kier molecular flexibility index (Phi) is 8.78. The first-order chi connectivity index (χ1) is 19.5. The van der Waals surface area contributed by atoms with Crippen LogP contribution in [0.1, 0.15) is 90.5 Å². The van der Waals surface area contributed by atoms with Crippen molar-refractivity contribution in [2.45, 2.75) is 110 Å². The van der Waals surface area contributed by atoms with Crippen molar-refractivity contribution in [1.29, 1.82) is 0 Å². The summed E-state index contributed by atoms with van der Waals surface area (Å²) in [5.41, 5.74) is 1.23. The van der Waals surface area contributed by atoms with Crippen molar-refractivity contribution < 1.29 is 29.6 Å². The number of rotatable bonds is 8. The maximum atomic E-state index is 13.0. The summed E-state index contributed by atoms with van der Waals surface area (Å²) in [4.78, 5) is 25.4. The fourth-order valence-electron chi connectivity index (χ4n) is 10.2. The van der Waals surface area contributed by atoms with Crippen LogP contribution in [-0.4, -0.2) is 52.6 Å². The number of aliphatic hydroxyl groups is 2. The molecular weight excluding hydrogens is 518 g/mol. The Morgan fingerprint density at radius 1 is 1.00 bits per heavy atom. The van der Waals surface area contributed by atoms with Gasteiger partial charge in [0, 0.05) is 12.8 Å². The summed E-state index contributed by atoms with van der Waals surface area (Å²) in [7, 11) is 1.33. The molecular formula is C34H51NO6. The molecule has 7 heteroatoms. The van der Waals surface area contributed by atoms with Gasteiger partial charge in [0.1, 0.15) is 11.8 Å². The van der Waals surface area contributed by atoms with Crippen LogP contribution in [0.5, 0.6) is 5.75 Å². The smallest absolute Gasteiger partial charge is 0.328 e. The van der Waals surface area contributed by atoms with Crippen molar-refractivity contribution in [1.82, 2.24) is 5.32 Å². The number of carbonyl (C=O) groups excluding carboxylic acids is 2. The fraction of sp³-hybridized carbons (Fsp3) is 0.765. The zero-order valence-electron chi connectivity index (χ0n) is 25.4. The first kappa shape index (κ1) is 30.3. The minimum absolute atomic E-state index is 0.143. The molecule has 0 saturated heterocycles. The molecule has 11 atom stereocenters. The molecule has 0 spiro atoms. The fourth-order valence-corrected chi connectivity index (χ4v) is 10.2. The van der Waals surface area contributed by atoms with Gasteiger partial charge in [0.2, 0.25) is 5.91 Å².